The third-order valence-corrected chi connectivity index (χ3v) is 2.99. The molecule has 1 atom stereocenters. The van der Waals surface area contributed by atoms with Crippen LogP contribution in [0.4, 0.5) is 11.4 Å². The molecule has 0 bridgehead atoms. The van der Waals surface area contributed by atoms with Gasteiger partial charge in [0.2, 0.25) is 5.91 Å². The molecule has 4 heteroatoms. The highest BCUT2D eigenvalue weighted by Crippen LogP contribution is 2.24. The Hall–Kier alpha value is -2.49. The van der Waals surface area contributed by atoms with E-state index in [1.807, 2.05) is 68.4 Å². The Balaban J connectivity index is 2.01. The van der Waals surface area contributed by atoms with Gasteiger partial charge in [-0.25, -0.2) is 0 Å². The quantitative estimate of drug-likeness (QED) is 0.853. The number of carbonyl (C=O) groups is 1. The van der Waals surface area contributed by atoms with Crippen molar-refractivity contribution in [1.29, 1.82) is 0 Å². The molecule has 0 unspecified atom stereocenters. The molecule has 0 radical (unpaired) electrons. The highest BCUT2D eigenvalue weighted by molar-refractivity contribution is 5.96. The summed E-state index contributed by atoms with van der Waals surface area (Å²) < 4.78 is 5.54. The molecule has 110 valence electrons. The van der Waals surface area contributed by atoms with Crippen LogP contribution in [-0.4, -0.2) is 18.6 Å². The smallest absolute Gasteiger partial charge is 0.246 e. The van der Waals surface area contributed by atoms with Crippen molar-refractivity contribution in [1.82, 2.24) is 0 Å². The van der Waals surface area contributed by atoms with Gasteiger partial charge in [0, 0.05) is 5.69 Å². The first-order valence-electron chi connectivity index (χ1n) is 7.05. The van der Waals surface area contributed by atoms with Gasteiger partial charge in [0.25, 0.3) is 0 Å². The molecular weight excluding hydrogens is 264 g/mol. The van der Waals surface area contributed by atoms with Gasteiger partial charge in [0.15, 0.2) is 0 Å². The first kappa shape index (κ1) is 14.9. The number of para-hydroxylation sites is 3. The Bertz CT molecular complexity index is 584. The van der Waals surface area contributed by atoms with Gasteiger partial charge in [-0.2, -0.15) is 0 Å². The van der Waals surface area contributed by atoms with E-state index in [1.54, 1.807) is 0 Å². The zero-order valence-corrected chi connectivity index (χ0v) is 12.3. The minimum Gasteiger partial charge on any atom is -0.492 e. The second kappa shape index (κ2) is 7.33. The van der Waals surface area contributed by atoms with E-state index in [1.165, 1.54) is 0 Å². The molecule has 0 fully saturated rings. The topological polar surface area (TPSA) is 50.4 Å². The molecule has 0 aromatic heterocycles. The number of anilines is 2. The van der Waals surface area contributed by atoms with Crippen molar-refractivity contribution >= 4 is 17.3 Å². The summed E-state index contributed by atoms with van der Waals surface area (Å²) in [5.74, 6) is 0.659. The van der Waals surface area contributed by atoms with Crippen LogP contribution >= 0.6 is 0 Å². The Labute approximate surface area is 125 Å². The standard InChI is InChI=1S/C17H20N2O2/c1-3-21-16-12-8-7-11-15(16)18-13(2)17(20)19-14-9-5-4-6-10-14/h4-13,18H,3H2,1-2H3,(H,19,20)/t13-/m1/s1. The zero-order valence-electron chi connectivity index (χ0n) is 12.3. The largest absolute Gasteiger partial charge is 0.492 e. The lowest BCUT2D eigenvalue weighted by Gasteiger charge is -2.17. The summed E-state index contributed by atoms with van der Waals surface area (Å²) in [6, 6.07) is 16.6. The molecule has 0 saturated carbocycles. The van der Waals surface area contributed by atoms with Crippen molar-refractivity contribution in [3.8, 4) is 5.75 Å². The fourth-order valence-corrected chi connectivity index (χ4v) is 1.94. The number of amides is 1. The number of carbonyl (C=O) groups excluding carboxylic acids is 1. The predicted octanol–water partition coefficient (Wildman–Crippen LogP) is 3.52. The minimum absolute atomic E-state index is 0.0903. The molecule has 0 aliphatic rings. The van der Waals surface area contributed by atoms with Crippen LogP contribution in [0.25, 0.3) is 0 Å². The number of hydrogen-bond acceptors (Lipinski definition) is 3. The lowest BCUT2D eigenvalue weighted by molar-refractivity contribution is -0.116. The van der Waals surface area contributed by atoms with Crippen LogP contribution in [0.2, 0.25) is 0 Å². The van der Waals surface area contributed by atoms with Gasteiger partial charge in [-0.05, 0) is 38.1 Å². The molecule has 2 aromatic rings. The van der Waals surface area contributed by atoms with Gasteiger partial charge >= 0.3 is 0 Å². The summed E-state index contributed by atoms with van der Waals surface area (Å²) in [6.45, 7) is 4.34. The summed E-state index contributed by atoms with van der Waals surface area (Å²) in [4.78, 5) is 12.2. The van der Waals surface area contributed by atoms with E-state index in [4.69, 9.17) is 4.74 Å². The van der Waals surface area contributed by atoms with E-state index >= 15 is 0 Å². The van der Waals surface area contributed by atoms with E-state index < -0.39 is 0 Å². The second-order valence-corrected chi connectivity index (χ2v) is 4.65. The molecule has 2 N–H and O–H groups in total. The van der Waals surface area contributed by atoms with Crippen molar-refractivity contribution in [3.05, 3.63) is 54.6 Å². The summed E-state index contributed by atoms with van der Waals surface area (Å²) in [7, 11) is 0. The number of hydrogen-bond donors (Lipinski definition) is 2. The molecule has 21 heavy (non-hydrogen) atoms. The van der Waals surface area contributed by atoms with Gasteiger partial charge in [0.05, 0.1) is 12.3 Å². The lowest BCUT2D eigenvalue weighted by Crippen LogP contribution is -2.32. The van der Waals surface area contributed by atoms with Crippen molar-refractivity contribution in [2.24, 2.45) is 0 Å². The minimum atomic E-state index is -0.369. The first-order valence-corrected chi connectivity index (χ1v) is 7.05. The van der Waals surface area contributed by atoms with Gasteiger partial charge in [0.1, 0.15) is 11.8 Å². The van der Waals surface area contributed by atoms with Crippen molar-refractivity contribution in [2.75, 3.05) is 17.2 Å². The maximum atomic E-state index is 12.2. The fraction of sp³-hybridized carbons (Fsp3) is 0.235. The molecule has 2 rings (SSSR count). The predicted molar refractivity (Wildman–Crippen MR) is 85.8 cm³/mol. The lowest BCUT2D eigenvalue weighted by atomic mass is 10.2. The molecule has 0 spiro atoms. The van der Waals surface area contributed by atoms with E-state index in [9.17, 15) is 4.79 Å². The molecule has 0 aliphatic carbocycles. The summed E-state index contributed by atoms with van der Waals surface area (Å²) in [5, 5.41) is 6.05. The highest BCUT2D eigenvalue weighted by Gasteiger charge is 2.14. The van der Waals surface area contributed by atoms with Crippen molar-refractivity contribution in [3.63, 3.8) is 0 Å². The first-order chi connectivity index (χ1) is 10.2. The number of nitrogens with one attached hydrogen (secondary N) is 2. The van der Waals surface area contributed by atoms with Gasteiger partial charge < -0.3 is 15.4 Å². The Morgan fingerprint density at radius 3 is 2.48 bits per heavy atom. The van der Waals surface area contributed by atoms with Crippen LogP contribution in [0.1, 0.15) is 13.8 Å². The fourth-order valence-electron chi connectivity index (χ4n) is 1.94. The summed E-state index contributed by atoms with van der Waals surface area (Å²) in [5.41, 5.74) is 1.60. The van der Waals surface area contributed by atoms with E-state index in [0.29, 0.717) is 6.61 Å². The normalized spacial score (nSPS) is 11.5. The van der Waals surface area contributed by atoms with Crippen LogP contribution in [-0.2, 0) is 4.79 Å². The third kappa shape index (κ3) is 4.24. The van der Waals surface area contributed by atoms with Crippen LogP contribution in [0.15, 0.2) is 54.6 Å². The van der Waals surface area contributed by atoms with Gasteiger partial charge in [-0.1, -0.05) is 30.3 Å². The summed E-state index contributed by atoms with van der Waals surface area (Å²) in [6.07, 6.45) is 0. The van der Waals surface area contributed by atoms with Gasteiger partial charge in [-0.15, -0.1) is 0 Å². The van der Waals surface area contributed by atoms with Crippen LogP contribution in [0, 0.1) is 0 Å². The average molecular weight is 284 g/mol. The van der Waals surface area contributed by atoms with E-state index in [-0.39, 0.29) is 11.9 Å². The SMILES string of the molecule is CCOc1ccccc1N[C@H](C)C(=O)Nc1ccccc1. The molecular formula is C17H20N2O2. The Morgan fingerprint density at radius 2 is 1.76 bits per heavy atom. The van der Waals surface area contributed by atoms with Crippen LogP contribution < -0.4 is 15.4 Å². The van der Waals surface area contributed by atoms with Crippen molar-refractivity contribution in [2.45, 2.75) is 19.9 Å². The van der Waals surface area contributed by atoms with Crippen LogP contribution in [0.3, 0.4) is 0 Å². The zero-order chi connectivity index (χ0) is 15.1. The maximum absolute atomic E-state index is 12.2. The summed E-state index contributed by atoms with van der Waals surface area (Å²) >= 11 is 0. The molecule has 2 aromatic carbocycles. The molecule has 1 amide bonds. The van der Waals surface area contributed by atoms with Gasteiger partial charge in [-0.3, -0.25) is 4.79 Å². The van der Waals surface area contributed by atoms with Crippen molar-refractivity contribution < 1.29 is 9.53 Å². The third-order valence-electron chi connectivity index (χ3n) is 2.99. The number of ether oxygens (including phenoxy) is 1. The Kier molecular flexibility index (Phi) is 5.21. The average Bonchev–Trinajstić information content (AvgIpc) is 2.50. The molecule has 0 saturated heterocycles. The molecule has 0 heterocycles. The Morgan fingerprint density at radius 1 is 1.10 bits per heavy atom. The number of rotatable bonds is 6. The van der Waals surface area contributed by atoms with E-state index in [0.717, 1.165) is 17.1 Å². The number of benzene rings is 2. The highest BCUT2D eigenvalue weighted by atomic mass is 16.5. The molecule has 0 aliphatic heterocycles. The van der Waals surface area contributed by atoms with E-state index in [2.05, 4.69) is 10.6 Å². The van der Waals surface area contributed by atoms with Crippen LogP contribution in [0.5, 0.6) is 5.75 Å². The molecule has 4 nitrogen and oxygen atoms in total. The monoisotopic (exact) mass is 284 g/mol. The second-order valence-electron chi connectivity index (χ2n) is 4.65. The maximum Gasteiger partial charge on any atom is 0.246 e.